The third-order valence-electron chi connectivity index (χ3n) is 1.50. The van der Waals surface area contributed by atoms with E-state index in [1.54, 1.807) is 0 Å². The van der Waals surface area contributed by atoms with Gasteiger partial charge in [0.25, 0.3) is 14.1 Å². The largest absolute Gasteiger partial charge is 1.00 e. The van der Waals surface area contributed by atoms with Gasteiger partial charge in [0, 0.05) is 0 Å². The molecule has 0 nitrogen and oxygen atoms in total. The molecule has 2 heteroatoms. The number of rotatable bonds is 6. The monoisotopic (exact) mass is 158 g/mol. The van der Waals surface area contributed by atoms with Crippen molar-refractivity contribution >= 4 is 14.1 Å². The van der Waals surface area contributed by atoms with Crippen LogP contribution in [0.5, 0.6) is 0 Å². The van der Waals surface area contributed by atoms with E-state index in [0.29, 0.717) is 0 Å². The maximum Gasteiger partial charge on any atom is 1.00 e. The van der Waals surface area contributed by atoms with Gasteiger partial charge in [0.15, 0.2) is 0 Å². The molecule has 0 aliphatic carbocycles. The molecule has 0 fully saturated rings. The van der Waals surface area contributed by atoms with E-state index in [-0.39, 0.29) is 20.3 Å². The summed E-state index contributed by atoms with van der Waals surface area (Å²) in [6.07, 6.45) is 6.05. The average Bonchev–Trinajstić information content (AvgIpc) is 1.90. The zero-order valence-electron chi connectivity index (χ0n) is 8.55. The standard InChI is InChI=1S/3C3H5.Al.Li.H/c3*1-3-2;;;/h3*3H,1-2H2;;;/q;;;;+1;-1. The molecule has 0 heterocycles. The molecule has 0 aromatic rings. The maximum absolute atomic E-state index is 3.73. The molecule has 0 aromatic heterocycles. The first-order valence-electron chi connectivity index (χ1n) is 3.67. The molecule has 0 amide bonds. The Balaban J connectivity index is -0.000000405. The van der Waals surface area contributed by atoms with E-state index in [2.05, 4.69) is 19.7 Å². The van der Waals surface area contributed by atoms with Crippen LogP contribution in [0.3, 0.4) is 0 Å². The Labute approximate surface area is 88.1 Å². The van der Waals surface area contributed by atoms with Crippen molar-refractivity contribution in [2.75, 3.05) is 0 Å². The van der Waals surface area contributed by atoms with Gasteiger partial charge in [-0.15, -0.1) is 38.0 Å². The van der Waals surface area contributed by atoms with E-state index in [0.717, 1.165) is 0 Å². The normalized spacial score (nSPS) is 7.64. The van der Waals surface area contributed by atoms with Gasteiger partial charge < -0.3 is 1.43 Å². The van der Waals surface area contributed by atoms with Crippen molar-refractivity contribution in [1.82, 2.24) is 0 Å². The van der Waals surface area contributed by atoms with Crippen LogP contribution >= 0.6 is 0 Å². The fourth-order valence-corrected chi connectivity index (χ4v) is 2.99. The van der Waals surface area contributed by atoms with E-state index in [4.69, 9.17) is 0 Å². The molecule has 0 radical (unpaired) electrons. The summed E-state index contributed by atoms with van der Waals surface area (Å²) >= 11 is -0.588. The van der Waals surface area contributed by atoms with E-state index in [1.807, 2.05) is 18.2 Å². The molecule has 11 heavy (non-hydrogen) atoms. The summed E-state index contributed by atoms with van der Waals surface area (Å²) in [5, 5.41) is 3.62. The van der Waals surface area contributed by atoms with Gasteiger partial charge in [0.1, 0.15) is 0 Å². The summed E-state index contributed by atoms with van der Waals surface area (Å²) < 4.78 is 0. The van der Waals surface area contributed by atoms with Crippen LogP contribution in [0.15, 0.2) is 38.0 Å². The SMILES string of the molecule is C=C[CH2][Al]([CH2]C=C)[CH2]C=C.[H-].[Li+]. The molecule has 0 rings (SSSR count). The van der Waals surface area contributed by atoms with Crippen molar-refractivity contribution in [3.05, 3.63) is 38.0 Å². The molecule has 0 spiro atoms. The minimum Gasteiger partial charge on any atom is -1.00 e. The molecule has 0 saturated carbocycles. The summed E-state index contributed by atoms with van der Waals surface area (Å²) in [5.74, 6) is 0. The topological polar surface area (TPSA) is 0 Å². The molecule has 0 N–H and O–H groups in total. The Kier molecular flexibility index (Phi) is 13.1. The summed E-state index contributed by atoms with van der Waals surface area (Å²) in [4.78, 5) is 0. The van der Waals surface area contributed by atoms with Crippen molar-refractivity contribution in [3.63, 3.8) is 0 Å². The van der Waals surface area contributed by atoms with Gasteiger partial charge in [0.2, 0.25) is 0 Å². The molecule has 0 bridgehead atoms. The molecular weight excluding hydrogens is 142 g/mol. The summed E-state index contributed by atoms with van der Waals surface area (Å²) in [5.41, 5.74) is 0. The average molecular weight is 158 g/mol. The Morgan fingerprint density at radius 1 is 0.909 bits per heavy atom. The first-order chi connectivity index (χ1) is 4.85. The number of hydrogen-bond acceptors (Lipinski definition) is 0. The summed E-state index contributed by atoms with van der Waals surface area (Å²) in [7, 11) is 0. The van der Waals surface area contributed by atoms with Crippen molar-refractivity contribution in [2.45, 2.75) is 15.8 Å². The van der Waals surface area contributed by atoms with Crippen molar-refractivity contribution in [3.8, 4) is 0 Å². The maximum atomic E-state index is 3.73. The Bertz CT molecular complexity index is 102. The van der Waals surface area contributed by atoms with E-state index < -0.39 is 14.1 Å². The van der Waals surface area contributed by atoms with E-state index >= 15 is 0 Å². The molecule has 0 aliphatic rings. The Morgan fingerprint density at radius 2 is 1.18 bits per heavy atom. The first kappa shape index (κ1) is 13.9. The zero-order chi connectivity index (χ0) is 7.82. The van der Waals surface area contributed by atoms with E-state index in [1.165, 1.54) is 15.8 Å². The molecule has 0 aliphatic heterocycles. The molecular formula is C9H16AlLi. The molecule has 0 aromatic carbocycles. The summed E-state index contributed by atoms with van der Waals surface area (Å²) in [6.45, 7) is 11.2. The second-order valence-electron chi connectivity index (χ2n) is 2.44. The van der Waals surface area contributed by atoms with E-state index in [9.17, 15) is 0 Å². The van der Waals surface area contributed by atoms with Crippen LogP contribution in [-0.2, 0) is 0 Å². The molecule has 0 atom stereocenters. The van der Waals surface area contributed by atoms with Crippen LogP contribution in [0.1, 0.15) is 1.43 Å². The Morgan fingerprint density at radius 3 is 1.36 bits per heavy atom. The minimum absolute atomic E-state index is 0. The third kappa shape index (κ3) is 8.25. The second-order valence-corrected chi connectivity index (χ2v) is 5.59. The molecule has 0 unspecified atom stereocenters. The van der Waals surface area contributed by atoms with Gasteiger partial charge in [-0.2, -0.15) is 0 Å². The fraction of sp³-hybridized carbons (Fsp3) is 0.333. The van der Waals surface area contributed by atoms with Crippen LogP contribution in [0.2, 0.25) is 15.8 Å². The molecule has 0 saturated heterocycles. The van der Waals surface area contributed by atoms with Gasteiger partial charge >= 0.3 is 18.9 Å². The van der Waals surface area contributed by atoms with Crippen LogP contribution in [0, 0.1) is 0 Å². The fourth-order valence-electron chi connectivity index (χ4n) is 0.996. The number of hydrogen-bond donors (Lipinski definition) is 0. The zero-order valence-corrected chi connectivity index (χ0v) is 8.71. The van der Waals surface area contributed by atoms with Gasteiger partial charge in [-0.1, -0.05) is 15.8 Å². The quantitative estimate of drug-likeness (QED) is 0.381. The van der Waals surface area contributed by atoms with Crippen LogP contribution < -0.4 is 18.9 Å². The van der Waals surface area contributed by atoms with Gasteiger partial charge in [0.05, 0.1) is 0 Å². The Hall–Kier alpha value is 0.350. The van der Waals surface area contributed by atoms with Gasteiger partial charge in [-0.3, -0.25) is 0 Å². The third-order valence-corrected chi connectivity index (χ3v) is 4.50. The van der Waals surface area contributed by atoms with Gasteiger partial charge in [-0.25, -0.2) is 0 Å². The smallest absolute Gasteiger partial charge is 1.00 e. The second kappa shape index (κ2) is 10.3. The van der Waals surface area contributed by atoms with Gasteiger partial charge in [-0.05, 0) is 0 Å². The number of allylic oxidation sites excluding steroid dienone is 3. The van der Waals surface area contributed by atoms with Crippen LogP contribution in [0.4, 0.5) is 0 Å². The predicted octanol–water partition coefficient (Wildman–Crippen LogP) is 0.156. The van der Waals surface area contributed by atoms with Crippen LogP contribution in [0.25, 0.3) is 0 Å². The van der Waals surface area contributed by atoms with Crippen molar-refractivity contribution in [1.29, 1.82) is 0 Å². The molecule has 56 valence electrons. The minimum atomic E-state index is -0.588. The summed E-state index contributed by atoms with van der Waals surface area (Å²) in [6, 6.07) is 0. The van der Waals surface area contributed by atoms with Crippen molar-refractivity contribution in [2.24, 2.45) is 0 Å². The predicted molar refractivity (Wildman–Crippen MR) is 51.9 cm³/mol. The van der Waals surface area contributed by atoms with Crippen molar-refractivity contribution < 1.29 is 20.3 Å². The van der Waals surface area contributed by atoms with Crippen LogP contribution in [-0.4, -0.2) is 14.1 Å². The first-order valence-corrected chi connectivity index (χ1v) is 6.12.